The van der Waals surface area contributed by atoms with Crippen molar-refractivity contribution in [3.05, 3.63) is 12.7 Å². The first kappa shape index (κ1) is 25.2. The molecule has 0 heterocycles. The molecule has 0 saturated carbocycles. The first-order valence-corrected chi connectivity index (χ1v) is 9.82. The number of rotatable bonds is 8. The van der Waals surface area contributed by atoms with Crippen LogP contribution in [0.1, 0.15) is 0 Å². The monoisotopic (exact) mass is 452 g/mol. The fourth-order valence-electron chi connectivity index (χ4n) is 1.31. The van der Waals surface area contributed by atoms with E-state index in [4.69, 9.17) is 0 Å². The summed E-state index contributed by atoms with van der Waals surface area (Å²) >= 11 is 0. The van der Waals surface area contributed by atoms with Crippen molar-refractivity contribution in [1.82, 2.24) is 0 Å². The molecule has 0 aromatic heterocycles. The zero-order valence-corrected chi connectivity index (χ0v) is 14.3. The van der Waals surface area contributed by atoms with Gasteiger partial charge in [0.2, 0.25) is 0 Å². The van der Waals surface area contributed by atoms with Crippen molar-refractivity contribution in [3.63, 3.8) is 0 Å². The zero-order valence-electron chi connectivity index (χ0n) is 12.7. The van der Waals surface area contributed by atoms with Crippen LogP contribution in [-0.4, -0.2) is 55.9 Å². The van der Waals surface area contributed by atoms with Gasteiger partial charge in [0.05, 0.1) is 0 Å². The van der Waals surface area contributed by atoms with Gasteiger partial charge >= 0.3 is 39.3 Å². The van der Waals surface area contributed by atoms with E-state index in [1.807, 2.05) is 0 Å². The molecule has 0 aliphatic heterocycles. The molecule has 16 heteroatoms. The van der Waals surface area contributed by atoms with Crippen molar-refractivity contribution < 1.29 is 60.3 Å². The minimum absolute atomic E-state index is 0.539. The molecule has 0 N–H and O–H groups in total. The normalized spacial score (nSPS) is 16.5. The van der Waals surface area contributed by atoms with E-state index in [0.29, 0.717) is 0 Å². The molecule has 0 aromatic rings. The van der Waals surface area contributed by atoms with E-state index in [9.17, 15) is 56.7 Å². The topological polar surface area (TPSA) is 43.4 Å². The van der Waals surface area contributed by atoms with Gasteiger partial charge in [0.1, 0.15) is 0 Å². The smallest absolute Gasteiger partial charge is 0.215 e. The van der Waals surface area contributed by atoms with Gasteiger partial charge < -0.3 is 0 Å². The molecule has 0 amide bonds. The third-order valence-electron chi connectivity index (χ3n) is 2.62. The van der Waals surface area contributed by atoms with Crippen LogP contribution in [0, 0.1) is 0 Å². The first-order valence-electron chi connectivity index (χ1n) is 5.87. The molecule has 0 fully saturated rings. The molecule has 0 aromatic carbocycles. The summed E-state index contributed by atoms with van der Waals surface area (Å²) in [5.41, 5.74) is 0. The van der Waals surface area contributed by atoms with E-state index >= 15 is 0 Å². The van der Waals surface area contributed by atoms with Crippen molar-refractivity contribution in [2.75, 3.05) is 18.3 Å². The summed E-state index contributed by atoms with van der Waals surface area (Å²) in [6.45, 7) is 3.05. The second-order valence-corrected chi connectivity index (χ2v) is 10.3. The van der Waals surface area contributed by atoms with Gasteiger partial charge in [0.15, 0.2) is 0 Å². The Morgan fingerprint density at radius 3 is 1.50 bits per heavy atom. The fourth-order valence-corrected chi connectivity index (χ4v) is 4.83. The molecule has 0 saturated heterocycles. The molecular formula is C10H11F11O3S2. The van der Waals surface area contributed by atoms with Gasteiger partial charge in [-0.2, -0.15) is 56.7 Å². The summed E-state index contributed by atoms with van der Waals surface area (Å²) in [5, 5.41) is -7.12. The van der Waals surface area contributed by atoms with Crippen LogP contribution in [-0.2, 0) is 13.7 Å². The fraction of sp³-hybridized carbons (Fsp3) is 0.800. The third kappa shape index (κ3) is 3.90. The standard InChI is InChI=1S/C10H11F11O3S2/c1-4-5-25(2,3)24-26(22,23)10(20,21)8(15,16)6(11,12)7(13,14)9(17,18)19/h4H,1,5H2,2-3H3. The molecule has 0 aliphatic rings. The SMILES string of the molecule is C=CCS(C)(C)OS(=O)(=O)C(F)(F)C(F)(F)C(F)(F)C(F)(F)C(F)(F)F. The Kier molecular flexibility index (Phi) is 6.49. The number of hydrogen-bond donors (Lipinski definition) is 0. The van der Waals surface area contributed by atoms with Crippen LogP contribution < -0.4 is 0 Å². The highest BCUT2D eigenvalue weighted by Crippen LogP contribution is 2.59. The van der Waals surface area contributed by atoms with Crippen molar-refractivity contribution in [2.24, 2.45) is 0 Å². The van der Waals surface area contributed by atoms with Gasteiger partial charge in [-0.25, -0.2) is 3.63 Å². The van der Waals surface area contributed by atoms with E-state index in [-0.39, 0.29) is 0 Å². The first-order chi connectivity index (χ1) is 11.0. The molecule has 0 aliphatic carbocycles. The Balaban J connectivity index is 6.30. The van der Waals surface area contributed by atoms with E-state index in [0.717, 1.165) is 18.6 Å². The molecule has 0 bridgehead atoms. The van der Waals surface area contributed by atoms with Crippen molar-refractivity contribution in [2.45, 2.75) is 29.2 Å². The quantitative estimate of drug-likeness (QED) is 0.401. The molecule has 0 radical (unpaired) electrons. The summed E-state index contributed by atoms with van der Waals surface area (Å²) in [5.74, 6) is -23.7. The summed E-state index contributed by atoms with van der Waals surface area (Å²) in [6.07, 6.45) is -4.94. The number of halogens is 11. The van der Waals surface area contributed by atoms with Crippen molar-refractivity contribution in [1.29, 1.82) is 0 Å². The lowest BCUT2D eigenvalue weighted by Gasteiger charge is -2.38. The van der Waals surface area contributed by atoms with Crippen LogP contribution in [0.5, 0.6) is 0 Å². The predicted molar refractivity (Wildman–Crippen MR) is 70.4 cm³/mol. The van der Waals surface area contributed by atoms with Gasteiger partial charge in [-0.05, 0) is 12.5 Å². The van der Waals surface area contributed by atoms with Crippen molar-refractivity contribution >= 4 is 20.4 Å². The summed E-state index contributed by atoms with van der Waals surface area (Å²) in [7, 11) is -10.3. The lowest BCUT2D eigenvalue weighted by atomic mass is 10.0. The van der Waals surface area contributed by atoms with E-state index in [1.165, 1.54) is 0 Å². The van der Waals surface area contributed by atoms with Gasteiger partial charge in [-0.3, -0.25) is 0 Å². The molecule has 0 unspecified atom stereocenters. The van der Waals surface area contributed by atoms with Crippen LogP contribution in [0.3, 0.4) is 0 Å². The summed E-state index contributed by atoms with van der Waals surface area (Å²) < 4.78 is 167. The molecule has 0 atom stereocenters. The number of alkyl halides is 11. The maximum atomic E-state index is 13.5. The Morgan fingerprint density at radius 1 is 0.808 bits per heavy atom. The lowest BCUT2D eigenvalue weighted by Crippen LogP contribution is -2.68. The molecule has 26 heavy (non-hydrogen) atoms. The van der Waals surface area contributed by atoms with Gasteiger partial charge in [0, 0.05) is 5.75 Å². The summed E-state index contributed by atoms with van der Waals surface area (Å²) in [4.78, 5) is 0. The highest BCUT2D eigenvalue weighted by Gasteiger charge is 2.90. The van der Waals surface area contributed by atoms with Crippen LogP contribution in [0.2, 0.25) is 0 Å². The Morgan fingerprint density at radius 2 is 1.19 bits per heavy atom. The Hall–Kier alpha value is -0.770. The van der Waals surface area contributed by atoms with Crippen LogP contribution >= 0.6 is 10.3 Å². The minimum Gasteiger partial charge on any atom is -0.215 e. The van der Waals surface area contributed by atoms with Crippen molar-refractivity contribution in [3.8, 4) is 0 Å². The lowest BCUT2D eigenvalue weighted by molar-refractivity contribution is -0.413. The van der Waals surface area contributed by atoms with E-state index in [1.54, 1.807) is 0 Å². The predicted octanol–water partition coefficient (Wildman–Crippen LogP) is 4.56. The maximum absolute atomic E-state index is 13.5. The maximum Gasteiger partial charge on any atom is 0.460 e. The average molecular weight is 452 g/mol. The van der Waals surface area contributed by atoms with Gasteiger partial charge in [0.25, 0.3) is 0 Å². The van der Waals surface area contributed by atoms with Crippen LogP contribution in [0.25, 0.3) is 0 Å². The molecule has 0 rings (SSSR count). The second-order valence-electron chi connectivity index (χ2n) is 5.15. The highest BCUT2D eigenvalue weighted by molar-refractivity contribution is 8.32. The number of hydrogen-bond acceptors (Lipinski definition) is 3. The zero-order chi connectivity index (χ0) is 21.6. The summed E-state index contributed by atoms with van der Waals surface area (Å²) in [6, 6.07) is 0. The largest absolute Gasteiger partial charge is 0.460 e. The highest BCUT2D eigenvalue weighted by atomic mass is 32.3. The molecule has 0 spiro atoms. The van der Waals surface area contributed by atoms with Crippen LogP contribution in [0.15, 0.2) is 12.7 Å². The minimum atomic E-state index is -7.82. The molecular weight excluding hydrogens is 441 g/mol. The van der Waals surface area contributed by atoms with E-state index < -0.39 is 55.4 Å². The average Bonchev–Trinajstić information content (AvgIpc) is 2.34. The van der Waals surface area contributed by atoms with Gasteiger partial charge in [-0.15, -0.1) is 16.9 Å². The molecule has 3 nitrogen and oxygen atoms in total. The second kappa shape index (κ2) is 6.68. The van der Waals surface area contributed by atoms with E-state index in [2.05, 4.69) is 10.2 Å². The van der Waals surface area contributed by atoms with Gasteiger partial charge in [-0.1, -0.05) is 6.08 Å². The van der Waals surface area contributed by atoms with Crippen LogP contribution in [0.4, 0.5) is 48.3 Å². The Labute approximate surface area is 141 Å². The Bertz CT molecular complexity index is 637. The molecule has 158 valence electrons. The third-order valence-corrected chi connectivity index (χ3v) is 6.73.